The molecule has 11 nitrogen and oxygen atoms in total. The van der Waals surface area contributed by atoms with Gasteiger partial charge >= 0.3 is 0 Å². The summed E-state index contributed by atoms with van der Waals surface area (Å²) >= 11 is 0. The molecule has 10 atom stereocenters. The molecule has 11 heteroatoms. The first-order valence-electron chi connectivity index (χ1n) is 18.5. The van der Waals surface area contributed by atoms with E-state index in [2.05, 4.69) is 10.6 Å². The molecule has 3 N–H and O–H groups in total. The summed E-state index contributed by atoms with van der Waals surface area (Å²) in [7, 11) is 4.86. The molecule has 50 heavy (non-hydrogen) atoms. The first-order chi connectivity index (χ1) is 23.5. The molecular weight excluding hydrogens is 636 g/mol. The van der Waals surface area contributed by atoms with Gasteiger partial charge in [-0.15, -0.1) is 0 Å². The third-order valence-corrected chi connectivity index (χ3v) is 10.9. The van der Waals surface area contributed by atoms with Crippen molar-refractivity contribution in [2.45, 2.75) is 130 Å². The summed E-state index contributed by atoms with van der Waals surface area (Å²) in [6.45, 7) is 17.8. The lowest BCUT2D eigenvalue weighted by atomic mass is 9.89. The number of likely N-dealkylation sites (N-methyl/N-ethyl adjacent to an activating group) is 1. The largest absolute Gasteiger partial charge is 0.386 e. The number of carbonyl (C=O) groups is 4. The summed E-state index contributed by atoms with van der Waals surface area (Å²) in [4.78, 5) is 58.0. The van der Waals surface area contributed by atoms with Crippen LogP contribution in [0.2, 0.25) is 0 Å². The molecule has 284 valence electrons. The molecule has 0 aliphatic carbocycles. The van der Waals surface area contributed by atoms with Crippen LogP contribution in [0.4, 0.5) is 0 Å². The summed E-state index contributed by atoms with van der Waals surface area (Å²) < 4.78 is 11.9. The number of methoxy groups -OCH3 is 2. The van der Waals surface area contributed by atoms with Gasteiger partial charge in [0.05, 0.1) is 48.8 Å². The zero-order valence-corrected chi connectivity index (χ0v) is 32.6. The van der Waals surface area contributed by atoms with Crippen LogP contribution >= 0.6 is 0 Å². The highest BCUT2D eigenvalue weighted by Crippen LogP contribution is 2.30. The van der Waals surface area contributed by atoms with Gasteiger partial charge in [0.1, 0.15) is 6.04 Å². The maximum atomic E-state index is 14.1. The first kappa shape index (κ1) is 43.1. The second-order valence-electron chi connectivity index (χ2n) is 15.0. The number of nitrogens with zero attached hydrogens (tertiary/aromatic N) is 2. The van der Waals surface area contributed by atoms with Crippen molar-refractivity contribution in [2.75, 3.05) is 27.8 Å². The zero-order chi connectivity index (χ0) is 37.9. The Labute approximate surface area is 301 Å². The van der Waals surface area contributed by atoms with E-state index in [9.17, 15) is 24.3 Å². The van der Waals surface area contributed by atoms with E-state index in [0.29, 0.717) is 18.5 Å². The Morgan fingerprint density at radius 2 is 1.50 bits per heavy atom. The van der Waals surface area contributed by atoms with Gasteiger partial charge in [0.25, 0.3) is 0 Å². The van der Waals surface area contributed by atoms with Crippen molar-refractivity contribution < 1.29 is 33.8 Å². The van der Waals surface area contributed by atoms with Crippen LogP contribution in [-0.2, 0) is 28.7 Å². The summed E-state index contributed by atoms with van der Waals surface area (Å²) in [5.74, 6) is -1.62. The zero-order valence-electron chi connectivity index (χ0n) is 32.6. The molecule has 0 aromatic heterocycles. The van der Waals surface area contributed by atoms with Gasteiger partial charge in [-0.1, -0.05) is 92.1 Å². The molecule has 0 spiro atoms. The molecular formula is C39H66N4O7. The van der Waals surface area contributed by atoms with Crippen LogP contribution in [0, 0.1) is 29.6 Å². The van der Waals surface area contributed by atoms with Gasteiger partial charge in [-0.2, -0.15) is 0 Å². The van der Waals surface area contributed by atoms with E-state index in [4.69, 9.17) is 9.47 Å². The van der Waals surface area contributed by atoms with Gasteiger partial charge in [0, 0.05) is 33.7 Å². The van der Waals surface area contributed by atoms with E-state index >= 15 is 0 Å². The number of amides is 4. The van der Waals surface area contributed by atoms with Crippen LogP contribution in [0.1, 0.15) is 99.7 Å². The van der Waals surface area contributed by atoms with Crippen molar-refractivity contribution >= 4 is 23.6 Å². The minimum Gasteiger partial charge on any atom is -0.386 e. The smallest absolute Gasteiger partial charge is 0.245 e. The first-order valence-corrected chi connectivity index (χ1v) is 18.5. The number of aliphatic hydroxyl groups excluding tert-OH is 1. The molecule has 1 aromatic rings. The van der Waals surface area contributed by atoms with Gasteiger partial charge in [-0.05, 0) is 43.1 Å². The standard InChI is InChI=1S/C39H66N4O7/c1-13-25(6)34(42(10)39(48)33(24(4)5)41-37(46)26(7)23(2)3)31(49-11)22-32(44)43-21-17-20-30(43)36(50-12)27(8)38(47)40-28(9)35(45)29-18-15-14-16-19-29/h14-16,18-19,23-28,30-31,33-36,45H,13,17,20-22H2,1-12H3,(H,40,47)(H,41,46)/t25-,26-,27+,28+,30-,31+,33-,34-,35?,36+/m0/s1. The fourth-order valence-electron chi connectivity index (χ4n) is 7.00. The van der Waals surface area contributed by atoms with E-state index in [1.165, 1.54) is 0 Å². The van der Waals surface area contributed by atoms with E-state index in [0.717, 1.165) is 12.8 Å². The van der Waals surface area contributed by atoms with Crippen LogP contribution in [0.25, 0.3) is 0 Å². The fourth-order valence-corrected chi connectivity index (χ4v) is 7.00. The normalized spacial score (nSPS) is 20.3. The van der Waals surface area contributed by atoms with Crippen LogP contribution in [0.3, 0.4) is 0 Å². The van der Waals surface area contributed by atoms with E-state index < -0.39 is 42.4 Å². The number of hydrogen-bond donors (Lipinski definition) is 3. The lowest BCUT2D eigenvalue weighted by Crippen LogP contribution is -2.58. The van der Waals surface area contributed by atoms with Crippen molar-refractivity contribution in [3.8, 4) is 0 Å². The lowest BCUT2D eigenvalue weighted by molar-refractivity contribution is -0.148. The third-order valence-electron chi connectivity index (χ3n) is 10.9. The van der Waals surface area contributed by atoms with Crippen molar-refractivity contribution in [1.82, 2.24) is 20.4 Å². The summed E-state index contributed by atoms with van der Waals surface area (Å²) in [5.41, 5.74) is 0.713. The topological polar surface area (TPSA) is 138 Å². The lowest BCUT2D eigenvalue weighted by Gasteiger charge is -2.41. The number of nitrogens with one attached hydrogen (secondary N) is 2. The molecule has 4 amide bonds. The highest BCUT2D eigenvalue weighted by molar-refractivity contribution is 5.89. The maximum Gasteiger partial charge on any atom is 0.245 e. The molecule has 2 rings (SSSR count). The second-order valence-corrected chi connectivity index (χ2v) is 15.0. The Morgan fingerprint density at radius 3 is 2.02 bits per heavy atom. The van der Waals surface area contributed by atoms with E-state index in [-0.39, 0.29) is 59.8 Å². The summed E-state index contributed by atoms with van der Waals surface area (Å²) in [6, 6.07) is 7.18. The molecule has 1 heterocycles. The predicted molar refractivity (Wildman–Crippen MR) is 196 cm³/mol. The van der Waals surface area contributed by atoms with Gasteiger partial charge < -0.3 is 35.0 Å². The Morgan fingerprint density at radius 1 is 0.900 bits per heavy atom. The van der Waals surface area contributed by atoms with Crippen molar-refractivity contribution in [2.24, 2.45) is 29.6 Å². The number of rotatable bonds is 19. The SMILES string of the molecule is CC[C@H](C)[C@@H]([C@@H](CC(=O)N1CCC[C@H]1[C@H](OC)[C@@H](C)C(=O)N[C@H](C)C(O)c1ccccc1)OC)N(C)C(=O)[C@@H](NC(=O)[C@@H](C)C(C)C)C(C)C. The van der Waals surface area contributed by atoms with Crippen LogP contribution in [-0.4, -0.2) is 103 Å². The number of carbonyl (C=O) groups excluding carboxylic acids is 4. The molecule has 0 radical (unpaired) electrons. The van der Waals surface area contributed by atoms with Crippen LogP contribution in [0.5, 0.6) is 0 Å². The fraction of sp³-hybridized carbons (Fsp3) is 0.744. The van der Waals surface area contributed by atoms with E-state index in [1.54, 1.807) is 44.9 Å². The van der Waals surface area contributed by atoms with Gasteiger partial charge in [0.2, 0.25) is 23.6 Å². The Hall–Kier alpha value is -3.02. The van der Waals surface area contributed by atoms with Gasteiger partial charge in [0.15, 0.2) is 0 Å². The maximum absolute atomic E-state index is 14.1. The molecule has 1 fully saturated rings. The summed E-state index contributed by atoms with van der Waals surface area (Å²) in [6.07, 6.45) is 0.196. The molecule has 1 saturated heterocycles. The number of ether oxygens (including phenoxy) is 2. The minimum absolute atomic E-state index is 0.00200. The second kappa shape index (κ2) is 20.1. The van der Waals surface area contributed by atoms with E-state index in [1.807, 2.05) is 78.8 Å². The molecule has 1 aliphatic heterocycles. The predicted octanol–water partition coefficient (Wildman–Crippen LogP) is 4.58. The monoisotopic (exact) mass is 702 g/mol. The van der Waals surface area contributed by atoms with Crippen molar-refractivity contribution in [3.63, 3.8) is 0 Å². The van der Waals surface area contributed by atoms with Gasteiger partial charge in [-0.25, -0.2) is 0 Å². The third kappa shape index (κ3) is 11.0. The average molecular weight is 703 g/mol. The number of aliphatic hydroxyl groups is 1. The highest BCUT2D eigenvalue weighted by atomic mass is 16.5. The number of benzene rings is 1. The van der Waals surface area contributed by atoms with Gasteiger partial charge in [-0.3, -0.25) is 19.2 Å². The van der Waals surface area contributed by atoms with Crippen molar-refractivity contribution in [3.05, 3.63) is 35.9 Å². The molecule has 0 bridgehead atoms. The Kier molecular flexibility index (Phi) is 17.4. The molecule has 1 aliphatic rings. The molecule has 0 saturated carbocycles. The number of hydrogen-bond acceptors (Lipinski definition) is 7. The Balaban J connectivity index is 2.23. The number of likely N-dealkylation sites (tertiary alicyclic amines) is 1. The molecule has 1 aromatic carbocycles. The Bertz CT molecular complexity index is 1230. The van der Waals surface area contributed by atoms with Crippen LogP contribution < -0.4 is 10.6 Å². The quantitative estimate of drug-likeness (QED) is 0.192. The average Bonchev–Trinajstić information content (AvgIpc) is 3.58. The molecule has 1 unspecified atom stereocenters. The minimum atomic E-state index is -0.872. The summed E-state index contributed by atoms with van der Waals surface area (Å²) in [5, 5.41) is 16.7. The van der Waals surface area contributed by atoms with Crippen molar-refractivity contribution in [1.29, 1.82) is 0 Å². The highest BCUT2D eigenvalue weighted by Gasteiger charge is 2.43. The van der Waals surface area contributed by atoms with Crippen LogP contribution in [0.15, 0.2) is 30.3 Å².